The van der Waals surface area contributed by atoms with E-state index in [0.717, 1.165) is 26.1 Å². The van der Waals surface area contributed by atoms with Crippen molar-refractivity contribution in [3.8, 4) is 5.75 Å². The minimum Gasteiger partial charge on any atom is -0.489 e. The van der Waals surface area contributed by atoms with Crippen molar-refractivity contribution >= 4 is 5.69 Å². The summed E-state index contributed by atoms with van der Waals surface area (Å²) in [5.41, 5.74) is 6.33. The fourth-order valence-electron chi connectivity index (χ4n) is 2.13. The summed E-state index contributed by atoms with van der Waals surface area (Å²) < 4.78 is 16.3. The highest BCUT2D eigenvalue weighted by Crippen LogP contribution is 2.20. The first-order chi connectivity index (χ1) is 9.75. The second-order valence-corrected chi connectivity index (χ2v) is 5.10. The van der Waals surface area contributed by atoms with Crippen molar-refractivity contribution < 1.29 is 19.3 Å². The molecule has 2 rings (SSSR count). The Morgan fingerprint density at radius 2 is 2.00 bits per heavy atom. The number of nitrogens with two attached hydrogens (primary N) is 1. The number of aliphatic hydroxyl groups excluding tert-OH is 1. The van der Waals surface area contributed by atoms with Crippen LogP contribution >= 0.6 is 0 Å². The molecule has 0 spiro atoms. The van der Waals surface area contributed by atoms with Crippen LogP contribution in [0, 0.1) is 5.92 Å². The molecule has 0 radical (unpaired) electrons. The lowest BCUT2D eigenvalue weighted by atomic mass is 10.0. The zero-order valence-electron chi connectivity index (χ0n) is 11.7. The van der Waals surface area contributed by atoms with Gasteiger partial charge in [-0.3, -0.25) is 0 Å². The van der Waals surface area contributed by atoms with Crippen LogP contribution in [0.15, 0.2) is 24.3 Å². The van der Waals surface area contributed by atoms with Crippen LogP contribution in [0.2, 0.25) is 0 Å². The summed E-state index contributed by atoms with van der Waals surface area (Å²) in [4.78, 5) is 0. The number of hydrogen-bond donors (Lipinski definition) is 2. The molecule has 0 bridgehead atoms. The van der Waals surface area contributed by atoms with Gasteiger partial charge in [0.15, 0.2) is 0 Å². The third-order valence-corrected chi connectivity index (χ3v) is 3.35. The van der Waals surface area contributed by atoms with Gasteiger partial charge in [-0.25, -0.2) is 0 Å². The van der Waals surface area contributed by atoms with E-state index in [-0.39, 0.29) is 13.2 Å². The van der Waals surface area contributed by atoms with Gasteiger partial charge in [0.2, 0.25) is 0 Å². The van der Waals surface area contributed by atoms with Gasteiger partial charge in [0, 0.05) is 19.8 Å². The number of ether oxygens (including phenoxy) is 3. The van der Waals surface area contributed by atoms with Gasteiger partial charge >= 0.3 is 0 Å². The van der Waals surface area contributed by atoms with Crippen molar-refractivity contribution in [3.05, 3.63) is 24.3 Å². The standard InChI is InChI=1S/C15H23NO4/c16-14-3-1-2-4-15(14)20-11-13(17)10-19-9-12-5-7-18-8-6-12/h1-4,12-13,17H,5-11,16H2. The van der Waals surface area contributed by atoms with Crippen molar-refractivity contribution in [1.29, 1.82) is 0 Å². The molecule has 1 fully saturated rings. The molecular formula is C15H23NO4. The van der Waals surface area contributed by atoms with E-state index in [1.807, 2.05) is 12.1 Å². The molecule has 20 heavy (non-hydrogen) atoms. The minimum atomic E-state index is -0.644. The van der Waals surface area contributed by atoms with Crippen LogP contribution in [0.1, 0.15) is 12.8 Å². The minimum absolute atomic E-state index is 0.183. The maximum Gasteiger partial charge on any atom is 0.142 e. The number of rotatable bonds is 7. The monoisotopic (exact) mass is 281 g/mol. The van der Waals surface area contributed by atoms with Crippen LogP contribution < -0.4 is 10.5 Å². The third kappa shape index (κ3) is 5.00. The highest BCUT2D eigenvalue weighted by Gasteiger charge is 2.15. The van der Waals surface area contributed by atoms with Crippen LogP contribution in [0.5, 0.6) is 5.75 Å². The van der Waals surface area contributed by atoms with Gasteiger partial charge in [0.25, 0.3) is 0 Å². The first-order valence-electron chi connectivity index (χ1n) is 7.06. The summed E-state index contributed by atoms with van der Waals surface area (Å²) >= 11 is 0. The Bertz CT molecular complexity index is 393. The van der Waals surface area contributed by atoms with E-state index in [0.29, 0.717) is 24.0 Å². The largest absolute Gasteiger partial charge is 0.489 e. The van der Waals surface area contributed by atoms with Crippen molar-refractivity contribution in [2.45, 2.75) is 18.9 Å². The lowest BCUT2D eigenvalue weighted by Crippen LogP contribution is -2.26. The Hall–Kier alpha value is -1.30. The molecule has 1 unspecified atom stereocenters. The number of anilines is 1. The van der Waals surface area contributed by atoms with Crippen LogP contribution in [0.25, 0.3) is 0 Å². The van der Waals surface area contributed by atoms with Crippen molar-refractivity contribution in [2.75, 3.05) is 38.8 Å². The predicted octanol–water partition coefficient (Wildman–Crippen LogP) is 1.45. The smallest absolute Gasteiger partial charge is 0.142 e. The van der Waals surface area contributed by atoms with Crippen molar-refractivity contribution in [3.63, 3.8) is 0 Å². The van der Waals surface area contributed by atoms with E-state index < -0.39 is 6.10 Å². The van der Waals surface area contributed by atoms with Crippen LogP contribution in [0.4, 0.5) is 5.69 Å². The maximum atomic E-state index is 9.82. The van der Waals surface area contributed by atoms with E-state index in [2.05, 4.69) is 0 Å². The Balaban J connectivity index is 1.60. The Morgan fingerprint density at radius 3 is 2.75 bits per heavy atom. The molecule has 1 atom stereocenters. The zero-order valence-corrected chi connectivity index (χ0v) is 11.7. The van der Waals surface area contributed by atoms with Crippen molar-refractivity contribution in [2.24, 2.45) is 5.92 Å². The fourth-order valence-corrected chi connectivity index (χ4v) is 2.13. The summed E-state index contributed by atoms with van der Waals surface area (Å²) in [6.45, 7) is 2.76. The van der Waals surface area contributed by atoms with Gasteiger partial charge in [-0.2, -0.15) is 0 Å². The molecule has 1 aromatic carbocycles. The second kappa shape index (κ2) is 8.09. The number of aliphatic hydroxyl groups is 1. The molecule has 1 heterocycles. The molecule has 112 valence electrons. The molecule has 0 saturated carbocycles. The molecule has 0 aliphatic carbocycles. The number of nitrogen functional groups attached to an aromatic ring is 1. The highest BCUT2D eigenvalue weighted by molar-refractivity contribution is 5.51. The fraction of sp³-hybridized carbons (Fsp3) is 0.600. The average Bonchev–Trinajstić information content (AvgIpc) is 2.47. The molecule has 0 aromatic heterocycles. The van der Waals surface area contributed by atoms with Gasteiger partial charge in [0.05, 0.1) is 12.3 Å². The predicted molar refractivity (Wildman–Crippen MR) is 76.7 cm³/mol. The summed E-state index contributed by atoms with van der Waals surface area (Å²) in [6, 6.07) is 7.24. The van der Waals surface area contributed by atoms with Gasteiger partial charge in [0.1, 0.15) is 18.5 Å². The summed E-state index contributed by atoms with van der Waals surface area (Å²) in [5, 5.41) is 9.82. The molecule has 1 aliphatic heterocycles. The van der Waals surface area contributed by atoms with Crippen molar-refractivity contribution in [1.82, 2.24) is 0 Å². The van der Waals surface area contributed by atoms with E-state index in [9.17, 15) is 5.11 Å². The number of para-hydroxylation sites is 2. The Morgan fingerprint density at radius 1 is 1.25 bits per heavy atom. The first-order valence-corrected chi connectivity index (χ1v) is 7.06. The summed E-state index contributed by atoms with van der Waals surface area (Å²) in [5.74, 6) is 1.14. The van der Waals surface area contributed by atoms with Crippen LogP contribution in [-0.4, -0.2) is 44.2 Å². The molecule has 5 nitrogen and oxygen atoms in total. The van der Waals surface area contributed by atoms with E-state index in [4.69, 9.17) is 19.9 Å². The second-order valence-electron chi connectivity index (χ2n) is 5.10. The van der Waals surface area contributed by atoms with E-state index in [1.54, 1.807) is 12.1 Å². The SMILES string of the molecule is Nc1ccccc1OCC(O)COCC1CCOCC1. The molecule has 3 N–H and O–H groups in total. The quantitative estimate of drug-likeness (QED) is 0.740. The van der Waals surface area contributed by atoms with E-state index >= 15 is 0 Å². The third-order valence-electron chi connectivity index (χ3n) is 3.35. The van der Waals surface area contributed by atoms with Gasteiger partial charge in [-0.1, -0.05) is 12.1 Å². The summed E-state index contributed by atoms with van der Waals surface area (Å²) in [6.07, 6.45) is 1.43. The zero-order chi connectivity index (χ0) is 14.2. The summed E-state index contributed by atoms with van der Waals surface area (Å²) in [7, 11) is 0. The first kappa shape index (κ1) is 15.1. The van der Waals surface area contributed by atoms with Crippen LogP contribution in [-0.2, 0) is 9.47 Å². The molecule has 5 heteroatoms. The van der Waals surface area contributed by atoms with E-state index in [1.165, 1.54) is 0 Å². The maximum absolute atomic E-state index is 9.82. The molecular weight excluding hydrogens is 258 g/mol. The normalized spacial score (nSPS) is 17.9. The molecule has 1 aliphatic rings. The van der Waals surface area contributed by atoms with Gasteiger partial charge in [-0.05, 0) is 30.9 Å². The number of benzene rings is 1. The van der Waals surface area contributed by atoms with Crippen LogP contribution in [0.3, 0.4) is 0 Å². The average molecular weight is 281 g/mol. The Kier molecular flexibility index (Phi) is 6.11. The lowest BCUT2D eigenvalue weighted by Gasteiger charge is -2.22. The highest BCUT2D eigenvalue weighted by atomic mass is 16.5. The molecule has 0 amide bonds. The number of hydrogen-bond acceptors (Lipinski definition) is 5. The van der Waals surface area contributed by atoms with Gasteiger partial charge in [-0.15, -0.1) is 0 Å². The lowest BCUT2D eigenvalue weighted by molar-refractivity contribution is -0.0202. The Labute approximate surface area is 119 Å². The molecule has 1 saturated heterocycles. The topological polar surface area (TPSA) is 73.9 Å². The van der Waals surface area contributed by atoms with Gasteiger partial charge < -0.3 is 25.1 Å². The molecule has 1 aromatic rings.